The highest BCUT2D eigenvalue weighted by atomic mass is 32.1. The second-order valence-corrected chi connectivity index (χ2v) is 8.41. The van der Waals surface area contributed by atoms with Gasteiger partial charge in [-0.2, -0.15) is 0 Å². The van der Waals surface area contributed by atoms with Crippen LogP contribution in [0, 0.1) is 6.92 Å². The molecule has 32 heavy (non-hydrogen) atoms. The summed E-state index contributed by atoms with van der Waals surface area (Å²) >= 11 is 1.67. The van der Waals surface area contributed by atoms with E-state index in [1.807, 2.05) is 43.3 Å². The molecule has 0 fully saturated rings. The molecular formula is C24H23N3O4S. The van der Waals surface area contributed by atoms with Crippen molar-refractivity contribution in [1.29, 1.82) is 0 Å². The van der Waals surface area contributed by atoms with Crippen molar-refractivity contribution in [3.05, 3.63) is 71.6 Å². The van der Waals surface area contributed by atoms with Crippen LogP contribution in [0.5, 0.6) is 5.75 Å². The zero-order valence-electron chi connectivity index (χ0n) is 17.6. The Morgan fingerprint density at radius 2 is 1.91 bits per heavy atom. The number of aryl methyl sites for hydroxylation is 2. The van der Waals surface area contributed by atoms with Gasteiger partial charge < -0.3 is 14.9 Å². The van der Waals surface area contributed by atoms with Gasteiger partial charge in [-0.1, -0.05) is 30.3 Å². The molecule has 0 radical (unpaired) electrons. The summed E-state index contributed by atoms with van der Waals surface area (Å²) in [5.41, 5.74) is 6.78. The Morgan fingerprint density at radius 1 is 1.12 bits per heavy atom. The van der Waals surface area contributed by atoms with E-state index in [2.05, 4.69) is 28.5 Å². The molecule has 0 saturated carbocycles. The molecule has 0 spiro atoms. The van der Waals surface area contributed by atoms with E-state index in [0.717, 1.165) is 27.6 Å². The van der Waals surface area contributed by atoms with Gasteiger partial charge in [0.1, 0.15) is 11.5 Å². The third-order valence-corrected chi connectivity index (χ3v) is 6.07. The van der Waals surface area contributed by atoms with Gasteiger partial charge in [0.15, 0.2) is 0 Å². The summed E-state index contributed by atoms with van der Waals surface area (Å²) in [5.74, 6) is 1.78. The number of hydrogen-bond donors (Lipinski definition) is 2. The Balaban J connectivity index is 1.30. The number of imide groups is 1. The smallest absolute Gasteiger partial charge is 0.318 e. The number of carbonyl (C=O) groups is 2. The highest BCUT2D eigenvalue weighted by Crippen LogP contribution is 2.33. The number of aromatic nitrogens is 1. The third-order valence-electron chi connectivity index (χ3n) is 4.96. The Kier molecular flexibility index (Phi) is 6.51. The summed E-state index contributed by atoms with van der Waals surface area (Å²) in [6.45, 7) is 2.39. The van der Waals surface area contributed by atoms with E-state index in [-0.39, 0.29) is 6.42 Å². The normalized spacial score (nSPS) is 10.9. The average Bonchev–Trinajstić information content (AvgIpc) is 3.36. The van der Waals surface area contributed by atoms with Gasteiger partial charge in [-0.05, 0) is 48.6 Å². The molecule has 0 aliphatic carbocycles. The van der Waals surface area contributed by atoms with Crippen molar-refractivity contribution in [1.82, 2.24) is 10.3 Å². The van der Waals surface area contributed by atoms with Gasteiger partial charge in [0.05, 0.1) is 17.2 Å². The summed E-state index contributed by atoms with van der Waals surface area (Å²) in [7, 11) is 0. The lowest BCUT2D eigenvalue weighted by molar-refractivity contribution is -0.119. The molecule has 7 nitrogen and oxygen atoms in total. The van der Waals surface area contributed by atoms with Crippen LogP contribution in [0.15, 0.2) is 59.0 Å². The minimum atomic E-state index is -0.836. The minimum absolute atomic E-state index is 0.191. The van der Waals surface area contributed by atoms with E-state index in [1.54, 1.807) is 11.3 Å². The van der Waals surface area contributed by atoms with Gasteiger partial charge in [0.25, 0.3) is 0 Å². The van der Waals surface area contributed by atoms with Crippen LogP contribution in [-0.4, -0.2) is 23.5 Å². The first kappa shape index (κ1) is 21.6. The van der Waals surface area contributed by atoms with Crippen LogP contribution in [0.3, 0.4) is 0 Å². The lowest BCUT2D eigenvalue weighted by atomic mass is 10.1. The van der Waals surface area contributed by atoms with Crippen molar-refractivity contribution in [3.63, 3.8) is 0 Å². The van der Waals surface area contributed by atoms with Crippen molar-refractivity contribution in [2.45, 2.75) is 26.2 Å². The molecular weight excluding hydrogens is 426 g/mol. The highest BCUT2D eigenvalue weighted by Gasteiger charge is 2.14. The number of nitrogens with two attached hydrogens (primary N) is 1. The molecule has 0 saturated heterocycles. The van der Waals surface area contributed by atoms with Crippen LogP contribution in [0.1, 0.15) is 23.4 Å². The summed E-state index contributed by atoms with van der Waals surface area (Å²) in [4.78, 5) is 27.8. The molecule has 0 aliphatic rings. The van der Waals surface area contributed by atoms with Crippen LogP contribution >= 0.6 is 11.3 Å². The van der Waals surface area contributed by atoms with Crippen LogP contribution < -0.4 is 15.8 Å². The fraction of sp³-hybridized carbons (Fsp3) is 0.208. The second kappa shape index (κ2) is 9.65. The molecule has 0 aliphatic heterocycles. The molecule has 0 unspecified atom stereocenters. The monoisotopic (exact) mass is 449 g/mol. The predicted molar refractivity (Wildman–Crippen MR) is 124 cm³/mol. The van der Waals surface area contributed by atoms with Gasteiger partial charge in [0.2, 0.25) is 11.8 Å². The van der Waals surface area contributed by atoms with Crippen LogP contribution in [0.2, 0.25) is 0 Å². The molecule has 4 rings (SSSR count). The maximum absolute atomic E-state index is 11.5. The quantitative estimate of drug-likeness (QED) is 0.408. The van der Waals surface area contributed by atoms with E-state index < -0.39 is 11.9 Å². The number of nitrogens with zero attached hydrogens (tertiary/aromatic N) is 1. The number of hydrogen-bond acceptors (Lipinski definition) is 6. The first-order valence-corrected chi connectivity index (χ1v) is 11.1. The van der Waals surface area contributed by atoms with Crippen LogP contribution in [-0.2, 0) is 17.6 Å². The summed E-state index contributed by atoms with van der Waals surface area (Å²) in [5, 5.41) is 3.24. The minimum Gasteiger partial charge on any atom is -0.493 e. The Labute approximate surface area is 189 Å². The Hall–Kier alpha value is -3.65. The number of benzene rings is 2. The van der Waals surface area contributed by atoms with Crippen LogP contribution in [0.4, 0.5) is 4.79 Å². The van der Waals surface area contributed by atoms with Gasteiger partial charge in [-0.3, -0.25) is 10.1 Å². The molecule has 8 heteroatoms. The fourth-order valence-corrected chi connectivity index (χ4v) is 4.32. The molecule has 4 aromatic rings. The van der Waals surface area contributed by atoms with Gasteiger partial charge in [-0.15, -0.1) is 11.3 Å². The molecule has 0 atom stereocenters. The van der Waals surface area contributed by atoms with Gasteiger partial charge in [0, 0.05) is 17.5 Å². The van der Waals surface area contributed by atoms with Gasteiger partial charge in [-0.25, -0.2) is 9.78 Å². The number of urea groups is 1. The SMILES string of the molecule is Cc1oc(-c2cc3ccccc3s2)nc1CCOc1ccc(CCC(=O)NC(N)=O)cc1. The van der Waals surface area contributed by atoms with E-state index in [4.69, 9.17) is 14.9 Å². The summed E-state index contributed by atoms with van der Waals surface area (Å²) in [6.07, 6.45) is 1.34. The highest BCUT2D eigenvalue weighted by molar-refractivity contribution is 7.22. The van der Waals surface area contributed by atoms with E-state index >= 15 is 0 Å². The summed E-state index contributed by atoms with van der Waals surface area (Å²) in [6, 6.07) is 17.0. The zero-order chi connectivity index (χ0) is 22.5. The lowest BCUT2D eigenvalue weighted by Crippen LogP contribution is -2.35. The lowest BCUT2D eigenvalue weighted by Gasteiger charge is -2.07. The molecule has 3 N–H and O–H groups in total. The number of oxazole rings is 1. The standard InChI is InChI=1S/C24H23N3O4S/c1-15-19(26-23(31-15)21-14-17-4-2-3-5-20(17)32-21)12-13-30-18-9-6-16(7-10-18)8-11-22(28)27-24(25)29/h2-7,9-10,14H,8,11-13H2,1H3,(H3,25,27,28,29). The average molecular weight is 450 g/mol. The molecule has 2 aromatic heterocycles. The number of carbonyl (C=O) groups excluding carboxylic acids is 2. The maximum Gasteiger partial charge on any atom is 0.318 e. The number of ether oxygens (including phenoxy) is 1. The topological polar surface area (TPSA) is 107 Å². The molecule has 164 valence electrons. The van der Waals surface area contributed by atoms with Crippen molar-refractivity contribution >= 4 is 33.4 Å². The van der Waals surface area contributed by atoms with Crippen molar-refractivity contribution in [3.8, 4) is 16.5 Å². The summed E-state index contributed by atoms with van der Waals surface area (Å²) < 4.78 is 13.0. The van der Waals surface area contributed by atoms with E-state index in [0.29, 0.717) is 25.3 Å². The van der Waals surface area contributed by atoms with E-state index in [9.17, 15) is 9.59 Å². The molecule has 2 aromatic carbocycles. The predicted octanol–water partition coefficient (Wildman–Crippen LogP) is 4.61. The molecule has 3 amide bonds. The zero-order valence-corrected chi connectivity index (χ0v) is 18.4. The van der Waals surface area contributed by atoms with E-state index in [1.165, 1.54) is 10.1 Å². The molecule has 0 bridgehead atoms. The van der Waals surface area contributed by atoms with Crippen molar-refractivity contribution in [2.24, 2.45) is 5.73 Å². The second-order valence-electron chi connectivity index (χ2n) is 7.33. The largest absolute Gasteiger partial charge is 0.493 e. The fourth-order valence-electron chi connectivity index (χ4n) is 3.33. The maximum atomic E-state index is 11.5. The van der Waals surface area contributed by atoms with Crippen LogP contribution in [0.25, 0.3) is 20.9 Å². The van der Waals surface area contributed by atoms with Gasteiger partial charge >= 0.3 is 6.03 Å². The number of rotatable bonds is 8. The number of thiophene rings is 1. The first-order valence-electron chi connectivity index (χ1n) is 10.2. The third kappa shape index (κ3) is 5.33. The first-order chi connectivity index (χ1) is 15.5. The Morgan fingerprint density at radius 3 is 2.66 bits per heavy atom. The van der Waals surface area contributed by atoms with Crippen molar-refractivity contribution < 1.29 is 18.7 Å². The number of fused-ring (bicyclic) bond motifs is 1. The number of primary amides is 1. The number of amides is 3. The number of nitrogens with one attached hydrogen (secondary N) is 1. The van der Waals surface area contributed by atoms with Crippen molar-refractivity contribution in [2.75, 3.05) is 6.61 Å². The Bertz CT molecular complexity index is 1210. The molecule has 2 heterocycles.